The first-order valence-corrected chi connectivity index (χ1v) is 10.5. The molecule has 0 radical (unpaired) electrons. The van der Waals surface area contributed by atoms with Crippen molar-refractivity contribution in [1.82, 2.24) is 20.2 Å². The molecular formula is C21H21ClN4O3S. The van der Waals surface area contributed by atoms with Crippen molar-refractivity contribution in [1.29, 1.82) is 0 Å². The molecule has 7 nitrogen and oxygen atoms in total. The lowest BCUT2D eigenvalue weighted by Gasteiger charge is -2.12. The molecule has 0 unspecified atom stereocenters. The molecule has 0 saturated carbocycles. The highest BCUT2D eigenvalue weighted by atomic mass is 35.5. The largest absolute Gasteiger partial charge is 0.383 e. The maximum absolute atomic E-state index is 12.2. The van der Waals surface area contributed by atoms with Crippen molar-refractivity contribution in [2.75, 3.05) is 26.0 Å². The number of hydrogen-bond donors (Lipinski definition) is 2. The van der Waals surface area contributed by atoms with E-state index in [1.807, 2.05) is 53.1 Å². The van der Waals surface area contributed by atoms with Gasteiger partial charge in [-0.05, 0) is 18.2 Å². The summed E-state index contributed by atoms with van der Waals surface area (Å²) >= 11 is 7.43. The Bertz CT molecular complexity index is 1010. The van der Waals surface area contributed by atoms with Gasteiger partial charge in [-0.3, -0.25) is 14.7 Å². The van der Waals surface area contributed by atoms with Crippen molar-refractivity contribution >= 4 is 35.3 Å². The van der Waals surface area contributed by atoms with Crippen molar-refractivity contribution in [2.45, 2.75) is 5.16 Å². The van der Waals surface area contributed by atoms with Crippen LogP contribution in [0.4, 0.5) is 4.79 Å². The number of halogens is 1. The van der Waals surface area contributed by atoms with Gasteiger partial charge < -0.3 is 10.1 Å². The van der Waals surface area contributed by atoms with E-state index < -0.39 is 11.9 Å². The Morgan fingerprint density at radius 3 is 2.70 bits per heavy atom. The summed E-state index contributed by atoms with van der Waals surface area (Å²) in [6.07, 6.45) is 1.76. The van der Waals surface area contributed by atoms with Gasteiger partial charge in [-0.2, -0.15) is 0 Å². The zero-order valence-corrected chi connectivity index (χ0v) is 17.9. The molecule has 3 aromatic rings. The standard InChI is InChI=1S/C21H21ClN4O3S/c1-29-11-10-23-20(28)25-19(27)14-30-21-24-13-18(15-6-3-2-4-7-15)26(21)17-9-5-8-16(22)12-17/h2-9,12-13H,10-11,14H2,1H3,(H2,23,25,27,28). The van der Waals surface area contributed by atoms with Gasteiger partial charge in [-0.1, -0.05) is 59.8 Å². The Kier molecular flexibility index (Phi) is 7.89. The number of imidazole rings is 1. The van der Waals surface area contributed by atoms with Crippen molar-refractivity contribution in [3.8, 4) is 16.9 Å². The minimum atomic E-state index is -0.555. The Morgan fingerprint density at radius 1 is 1.17 bits per heavy atom. The van der Waals surface area contributed by atoms with Gasteiger partial charge in [0.2, 0.25) is 5.91 Å². The first kappa shape index (κ1) is 21.9. The van der Waals surface area contributed by atoms with Crippen LogP contribution >= 0.6 is 23.4 Å². The zero-order chi connectivity index (χ0) is 21.3. The summed E-state index contributed by atoms with van der Waals surface area (Å²) in [4.78, 5) is 28.4. The van der Waals surface area contributed by atoms with Gasteiger partial charge in [0.25, 0.3) is 0 Å². The minimum Gasteiger partial charge on any atom is -0.383 e. The third kappa shape index (κ3) is 5.85. The number of benzene rings is 2. The Hall–Kier alpha value is -2.81. The van der Waals surface area contributed by atoms with E-state index in [0.717, 1.165) is 16.9 Å². The summed E-state index contributed by atoms with van der Waals surface area (Å²) < 4.78 is 6.80. The summed E-state index contributed by atoms with van der Waals surface area (Å²) in [7, 11) is 1.53. The van der Waals surface area contributed by atoms with E-state index in [1.165, 1.54) is 18.9 Å². The molecule has 3 rings (SSSR count). The summed E-state index contributed by atoms with van der Waals surface area (Å²) in [6.45, 7) is 0.693. The number of rotatable bonds is 8. The van der Waals surface area contributed by atoms with Gasteiger partial charge in [0.1, 0.15) is 0 Å². The van der Waals surface area contributed by atoms with Crippen LogP contribution in [0.5, 0.6) is 0 Å². The predicted octanol–water partition coefficient (Wildman–Crippen LogP) is 3.76. The number of hydrogen-bond acceptors (Lipinski definition) is 5. The molecule has 0 saturated heterocycles. The van der Waals surface area contributed by atoms with Crippen molar-refractivity contribution < 1.29 is 14.3 Å². The van der Waals surface area contributed by atoms with Crippen LogP contribution in [0.25, 0.3) is 16.9 Å². The number of nitrogens with zero attached hydrogens (tertiary/aromatic N) is 2. The molecule has 156 valence electrons. The minimum absolute atomic E-state index is 0.0313. The van der Waals surface area contributed by atoms with Gasteiger partial charge in [-0.25, -0.2) is 9.78 Å². The fraction of sp³-hybridized carbons (Fsp3) is 0.190. The van der Waals surface area contributed by atoms with Crippen LogP contribution in [0.15, 0.2) is 66.0 Å². The molecule has 0 aliphatic rings. The molecule has 0 fully saturated rings. The van der Waals surface area contributed by atoms with E-state index in [1.54, 1.807) is 12.3 Å². The molecule has 2 N–H and O–H groups in total. The van der Waals surface area contributed by atoms with Gasteiger partial charge >= 0.3 is 6.03 Å². The lowest BCUT2D eigenvalue weighted by Crippen LogP contribution is -2.41. The molecule has 2 aromatic carbocycles. The Labute approximate surface area is 183 Å². The third-order valence-electron chi connectivity index (χ3n) is 4.04. The normalized spacial score (nSPS) is 10.6. The molecule has 30 heavy (non-hydrogen) atoms. The summed E-state index contributed by atoms with van der Waals surface area (Å²) in [6, 6.07) is 16.7. The lowest BCUT2D eigenvalue weighted by atomic mass is 10.1. The van der Waals surface area contributed by atoms with Gasteiger partial charge in [0.05, 0.1) is 24.3 Å². The molecule has 3 amide bonds. The summed E-state index contributed by atoms with van der Waals surface area (Å²) in [5.74, 6) is -0.388. The first-order chi connectivity index (χ1) is 14.6. The van der Waals surface area contributed by atoms with Crippen LogP contribution in [-0.4, -0.2) is 47.5 Å². The van der Waals surface area contributed by atoms with Crippen LogP contribution in [0.2, 0.25) is 5.02 Å². The molecule has 0 atom stereocenters. The van der Waals surface area contributed by atoms with Crippen LogP contribution in [0, 0.1) is 0 Å². The van der Waals surface area contributed by atoms with E-state index in [0.29, 0.717) is 23.3 Å². The topological polar surface area (TPSA) is 85.2 Å². The van der Waals surface area contributed by atoms with Crippen molar-refractivity contribution in [3.05, 3.63) is 65.8 Å². The summed E-state index contributed by atoms with van der Waals surface area (Å²) in [5.41, 5.74) is 2.69. The van der Waals surface area contributed by atoms with Crippen molar-refractivity contribution in [2.24, 2.45) is 0 Å². The van der Waals surface area contributed by atoms with Gasteiger partial charge in [-0.15, -0.1) is 0 Å². The zero-order valence-electron chi connectivity index (χ0n) is 16.3. The fourth-order valence-corrected chi connectivity index (χ4v) is 3.69. The number of ether oxygens (including phenoxy) is 1. The number of carbonyl (C=O) groups is 2. The number of amides is 3. The molecule has 9 heteroatoms. The van der Waals surface area contributed by atoms with Gasteiger partial charge in [0.15, 0.2) is 5.16 Å². The quantitative estimate of drug-likeness (QED) is 0.408. The second-order valence-corrected chi connectivity index (χ2v) is 7.57. The number of imide groups is 1. The van der Waals surface area contributed by atoms with Crippen LogP contribution < -0.4 is 10.6 Å². The number of urea groups is 1. The SMILES string of the molecule is COCCNC(=O)NC(=O)CSc1ncc(-c2ccccc2)n1-c1cccc(Cl)c1. The van der Waals surface area contributed by atoms with Crippen molar-refractivity contribution in [3.63, 3.8) is 0 Å². The first-order valence-electron chi connectivity index (χ1n) is 9.17. The Morgan fingerprint density at radius 2 is 1.97 bits per heavy atom. The van der Waals surface area contributed by atoms with E-state index in [2.05, 4.69) is 15.6 Å². The average molecular weight is 445 g/mol. The van der Waals surface area contributed by atoms with Crippen LogP contribution in [0.1, 0.15) is 0 Å². The number of thioether (sulfide) groups is 1. The monoisotopic (exact) mass is 444 g/mol. The van der Waals surface area contributed by atoms with Gasteiger partial charge in [0, 0.05) is 29.9 Å². The third-order valence-corrected chi connectivity index (χ3v) is 5.23. The molecule has 1 heterocycles. The van der Waals surface area contributed by atoms with E-state index in [-0.39, 0.29) is 5.75 Å². The molecule has 0 spiro atoms. The maximum atomic E-state index is 12.2. The summed E-state index contributed by atoms with van der Waals surface area (Å²) in [5, 5.41) is 6.05. The highest BCUT2D eigenvalue weighted by Gasteiger charge is 2.16. The smallest absolute Gasteiger partial charge is 0.321 e. The second-order valence-electron chi connectivity index (χ2n) is 6.19. The average Bonchev–Trinajstić information content (AvgIpc) is 3.17. The van der Waals surface area contributed by atoms with E-state index in [4.69, 9.17) is 16.3 Å². The number of carbonyl (C=O) groups excluding carboxylic acids is 2. The number of methoxy groups -OCH3 is 1. The second kappa shape index (κ2) is 10.8. The Balaban J connectivity index is 1.77. The highest BCUT2D eigenvalue weighted by molar-refractivity contribution is 7.99. The number of nitrogens with one attached hydrogen (secondary N) is 2. The fourth-order valence-electron chi connectivity index (χ4n) is 2.72. The highest BCUT2D eigenvalue weighted by Crippen LogP contribution is 2.30. The van der Waals surface area contributed by atoms with E-state index in [9.17, 15) is 9.59 Å². The lowest BCUT2D eigenvalue weighted by molar-refractivity contribution is -0.117. The van der Waals surface area contributed by atoms with E-state index >= 15 is 0 Å². The maximum Gasteiger partial charge on any atom is 0.321 e. The molecule has 0 bridgehead atoms. The predicted molar refractivity (Wildman–Crippen MR) is 118 cm³/mol. The molecule has 0 aliphatic heterocycles. The van der Waals surface area contributed by atoms with Crippen LogP contribution in [-0.2, 0) is 9.53 Å². The molecule has 0 aliphatic carbocycles. The van der Waals surface area contributed by atoms with Crippen LogP contribution in [0.3, 0.4) is 0 Å². The molecular weight excluding hydrogens is 424 g/mol. The molecule has 1 aromatic heterocycles. The number of aromatic nitrogens is 2.